The van der Waals surface area contributed by atoms with Gasteiger partial charge in [0.2, 0.25) is 5.91 Å². The molecule has 5 heteroatoms. The van der Waals surface area contributed by atoms with Crippen molar-refractivity contribution in [3.05, 3.63) is 82.7 Å². The van der Waals surface area contributed by atoms with Crippen molar-refractivity contribution in [2.75, 3.05) is 0 Å². The molecular formula is C24H26N4O. The normalized spacial score (nSPS) is 10.8. The Morgan fingerprint density at radius 3 is 2.34 bits per heavy atom. The topological polar surface area (TPSA) is 61.9 Å². The minimum Gasteiger partial charge on any atom is -0.336 e. The second kappa shape index (κ2) is 8.74. The zero-order valence-electron chi connectivity index (χ0n) is 17.4. The Balaban J connectivity index is 1.81. The van der Waals surface area contributed by atoms with Gasteiger partial charge in [0.1, 0.15) is 0 Å². The van der Waals surface area contributed by atoms with Crippen LogP contribution in [0.15, 0.2) is 54.6 Å². The van der Waals surface area contributed by atoms with E-state index in [-0.39, 0.29) is 11.9 Å². The van der Waals surface area contributed by atoms with Crippen molar-refractivity contribution < 1.29 is 4.79 Å². The first-order chi connectivity index (χ1) is 13.9. The standard InChI is InChI=1S/C24H26N4O/c1-17(2)27(16-21-12-10-20(15-25)11-13-21)24(29)14-23-18(3)26-28(19(23)4)22-8-6-5-7-9-22/h5-13,17H,14,16H2,1-4H3. The average molecular weight is 386 g/mol. The molecule has 1 heterocycles. The Kier molecular flexibility index (Phi) is 6.13. The number of nitriles is 1. The Morgan fingerprint density at radius 1 is 1.10 bits per heavy atom. The number of amides is 1. The summed E-state index contributed by atoms with van der Waals surface area (Å²) in [6.45, 7) is 8.53. The number of rotatable bonds is 6. The highest BCUT2D eigenvalue weighted by molar-refractivity contribution is 5.79. The summed E-state index contributed by atoms with van der Waals surface area (Å²) in [6.07, 6.45) is 0.318. The van der Waals surface area contributed by atoms with E-state index in [1.54, 1.807) is 12.1 Å². The fourth-order valence-electron chi connectivity index (χ4n) is 3.44. The zero-order valence-corrected chi connectivity index (χ0v) is 17.4. The zero-order chi connectivity index (χ0) is 21.0. The van der Waals surface area contributed by atoms with Crippen LogP contribution in [-0.4, -0.2) is 26.6 Å². The molecule has 0 aliphatic carbocycles. The van der Waals surface area contributed by atoms with Gasteiger partial charge < -0.3 is 4.90 Å². The number of nitrogens with zero attached hydrogens (tertiary/aromatic N) is 4. The molecule has 1 amide bonds. The molecule has 0 atom stereocenters. The van der Waals surface area contributed by atoms with Crippen molar-refractivity contribution in [2.45, 2.75) is 46.7 Å². The van der Waals surface area contributed by atoms with Crippen LogP contribution in [0, 0.1) is 25.2 Å². The average Bonchev–Trinajstić information content (AvgIpc) is 3.01. The van der Waals surface area contributed by atoms with Crippen molar-refractivity contribution in [1.82, 2.24) is 14.7 Å². The number of aryl methyl sites for hydroxylation is 1. The Hall–Kier alpha value is -3.39. The third-order valence-electron chi connectivity index (χ3n) is 5.15. The van der Waals surface area contributed by atoms with Crippen LogP contribution in [0.25, 0.3) is 5.69 Å². The molecule has 1 aromatic heterocycles. The van der Waals surface area contributed by atoms with Gasteiger partial charge in [0.25, 0.3) is 0 Å². The van der Waals surface area contributed by atoms with Crippen LogP contribution in [0.4, 0.5) is 0 Å². The van der Waals surface area contributed by atoms with Gasteiger partial charge in [-0.1, -0.05) is 30.3 Å². The number of hydrogen-bond donors (Lipinski definition) is 0. The lowest BCUT2D eigenvalue weighted by atomic mass is 10.1. The molecule has 3 aromatic rings. The van der Waals surface area contributed by atoms with Gasteiger partial charge in [-0.2, -0.15) is 10.4 Å². The molecule has 5 nitrogen and oxygen atoms in total. The van der Waals surface area contributed by atoms with Gasteiger partial charge in [0.05, 0.1) is 29.4 Å². The molecule has 0 saturated heterocycles. The number of carbonyl (C=O) groups excluding carboxylic acids is 1. The number of carbonyl (C=O) groups is 1. The smallest absolute Gasteiger partial charge is 0.227 e. The van der Waals surface area contributed by atoms with Gasteiger partial charge in [-0.3, -0.25) is 4.79 Å². The monoisotopic (exact) mass is 386 g/mol. The first-order valence-electron chi connectivity index (χ1n) is 9.79. The summed E-state index contributed by atoms with van der Waals surface area (Å²) in [4.78, 5) is 15.0. The van der Waals surface area contributed by atoms with Crippen LogP contribution in [0.2, 0.25) is 0 Å². The fourth-order valence-corrected chi connectivity index (χ4v) is 3.44. The summed E-state index contributed by atoms with van der Waals surface area (Å²) < 4.78 is 1.90. The van der Waals surface area contributed by atoms with E-state index in [4.69, 9.17) is 5.26 Å². The first-order valence-corrected chi connectivity index (χ1v) is 9.79. The SMILES string of the molecule is Cc1nn(-c2ccccc2)c(C)c1CC(=O)N(Cc1ccc(C#N)cc1)C(C)C. The molecule has 0 aliphatic rings. The molecule has 3 rings (SSSR count). The van der Waals surface area contributed by atoms with Crippen LogP contribution in [-0.2, 0) is 17.8 Å². The van der Waals surface area contributed by atoms with Crippen molar-refractivity contribution in [1.29, 1.82) is 5.26 Å². The predicted octanol–water partition coefficient (Wildman–Crippen LogP) is 4.34. The first kappa shape index (κ1) is 20.3. The van der Waals surface area contributed by atoms with Crippen molar-refractivity contribution in [3.8, 4) is 11.8 Å². The van der Waals surface area contributed by atoms with Crippen LogP contribution >= 0.6 is 0 Å². The van der Waals surface area contributed by atoms with Crippen molar-refractivity contribution >= 4 is 5.91 Å². The van der Waals surface area contributed by atoms with E-state index in [0.717, 1.165) is 28.2 Å². The lowest BCUT2D eigenvalue weighted by molar-refractivity contribution is -0.132. The lowest BCUT2D eigenvalue weighted by Gasteiger charge is -2.27. The van der Waals surface area contributed by atoms with E-state index in [2.05, 4.69) is 11.2 Å². The van der Waals surface area contributed by atoms with E-state index in [1.807, 2.05) is 79.7 Å². The van der Waals surface area contributed by atoms with Gasteiger partial charge in [0, 0.05) is 23.8 Å². The second-order valence-corrected chi connectivity index (χ2v) is 7.50. The van der Waals surface area contributed by atoms with Crippen LogP contribution in [0.1, 0.15) is 41.9 Å². The third-order valence-corrected chi connectivity index (χ3v) is 5.15. The largest absolute Gasteiger partial charge is 0.336 e. The molecule has 148 valence electrons. The van der Waals surface area contributed by atoms with Crippen LogP contribution < -0.4 is 0 Å². The maximum Gasteiger partial charge on any atom is 0.227 e. The summed E-state index contributed by atoms with van der Waals surface area (Å²) in [5.74, 6) is 0.0724. The molecule has 0 spiro atoms. The summed E-state index contributed by atoms with van der Waals surface area (Å²) >= 11 is 0. The van der Waals surface area contributed by atoms with E-state index in [9.17, 15) is 4.79 Å². The molecule has 0 N–H and O–H groups in total. The predicted molar refractivity (Wildman–Crippen MR) is 114 cm³/mol. The number of aromatic nitrogens is 2. The minimum atomic E-state index is 0.0722. The summed E-state index contributed by atoms with van der Waals surface area (Å²) in [5.41, 5.74) is 5.47. The second-order valence-electron chi connectivity index (χ2n) is 7.50. The molecule has 0 aliphatic heterocycles. The van der Waals surface area contributed by atoms with Crippen LogP contribution in [0.3, 0.4) is 0 Å². The summed E-state index contributed by atoms with van der Waals surface area (Å²) in [7, 11) is 0. The molecule has 0 saturated carbocycles. The highest BCUT2D eigenvalue weighted by Gasteiger charge is 2.22. The van der Waals surface area contributed by atoms with E-state index in [1.165, 1.54) is 0 Å². The van der Waals surface area contributed by atoms with E-state index < -0.39 is 0 Å². The fraction of sp³-hybridized carbons (Fsp3) is 0.292. The van der Waals surface area contributed by atoms with Gasteiger partial charge in [0.15, 0.2) is 0 Å². The summed E-state index contributed by atoms with van der Waals surface area (Å²) in [5, 5.41) is 13.6. The van der Waals surface area contributed by atoms with Gasteiger partial charge >= 0.3 is 0 Å². The number of para-hydroxylation sites is 1. The van der Waals surface area contributed by atoms with Gasteiger partial charge in [-0.05, 0) is 57.5 Å². The Labute approximate surface area is 172 Å². The molecular weight excluding hydrogens is 360 g/mol. The molecule has 29 heavy (non-hydrogen) atoms. The van der Waals surface area contributed by atoms with Crippen molar-refractivity contribution in [3.63, 3.8) is 0 Å². The quantitative estimate of drug-likeness (QED) is 0.633. The van der Waals surface area contributed by atoms with Crippen LogP contribution in [0.5, 0.6) is 0 Å². The van der Waals surface area contributed by atoms with Gasteiger partial charge in [-0.15, -0.1) is 0 Å². The third kappa shape index (κ3) is 4.55. The highest BCUT2D eigenvalue weighted by Crippen LogP contribution is 2.20. The summed E-state index contributed by atoms with van der Waals surface area (Å²) in [6, 6.07) is 19.5. The van der Waals surface area contributed by atoms with Crippen molar-refractivity contribution in [2.24, 2.45) is 0 Å². The molecule has 0 radical (unpaired) electrons. The lowest BCUT2D eigenvalue weighted by Crippen LogP contribution is -2.37. The van der Waals surface area contributed by atoms with E-state index >= 15 is 0 Å². The molecule has 2 aromatic carbocycles. The molecule has 0 fully saturated rings. The number of benzene rings is 2. The Morgan fingerprint density at radius 2 is 1.76 bits per heavy atom. The van der Waals surface area contributed by atoms with Gasteiger partial charge in [-0.25, -0.2) is 4.68 Å². The number of hydrogen-bond acceptors (Lipinski definition) is 3. The molecule has 0 unspecified atom stereocenters. The molecule has 0 bridgehead atoms. The maximum absolute atomic E-state index is 13.2. The highest BCUT2D eigenvalue weighted by atomic mass is 16.2. The maximum atomic E-state index is 13.2. The van der Waals surface area contributed by atoms with E-state index in [0.29, 0.717) is 18.5 Å². The Bertz CT molecular complexity index is 1030. The minimum absolute atomic E-state index is 0.0722.